The lowest BCUT2D eigenvalue weighted by molar-refractivity contribution is 0.0710. The van der Waals surface area contributed by atoms with E-state index in [1.807, 2.05) is 0 Å². The van der Waals surface area contributed by atoms with E-state index >= 15 is 0 Å². The maximum atomic E-state index is 13.5. The van der Waals surface area contributed by atoms with Crippen LogP contribution in [0.1, 0.15) is 50.2 Å². The predicted molar refractivity (Wildman–Crippen MR) is 103 cm³/mol. The Balaban J connectivity index is 1.69. The van der Waals surface area contributed by atoms with Gasteiger partial charge in [-0.3, -0.25) is 14.6 Å². The number of aromatic nitrogens is 3. The van der Waals surface area contributed by atoms with Gasteiger partial charge in [-0.05, 0) is 55.6 Å². The molecule has 28 heavy (non-hydrogen) atoms. The van der Waals surface area contributed by atoms with E-state index in [0.29, 0.717) is 40.3 Å². The zero-order chi connectivity index (χ0) is 19.8. The number of likely N-dealkylation sites (tertiary alicyclic amines) is 1. The lowest BCUT2D eigenvalue weighted by Crippen LogP contribution is -2.39. The number of carbonyl (C=O) groups excluding carboxylic acids is 2. The van der Waals surface area contributed by atoms with Gasteiger partial charge < -0.3 is 10.6 Å². The van der Waals surface area contributed by atoms with Crippen molar-refractivity contribution >= 4 is 34.2 Å². The molecule has 0 radical (unpaired) electrons. The number of nitrogens with zero attached hydrogens (tertiary/aromatic N) is 4. The van der Waals surface area contributed by atoms with Gasteiger partial charge in [0.25, 0.3) is 11.8 Å². The summed E-state index contributed by atoms with van der Waals surface area (Å²) in [4.78, 5) is 31.7. The van der Waals surface area contributed by atoms with E-state index in [1.165, 1.54) is 12.1 Å². The lowest BCUT2D eigenvalue weighted by atomic mass is 9.90. The Morgan fingerprint density at radius 1 is 1.32 bits per heavy atom. The number of primary amides is 1. The number of hydrogen-bond acceptors (Lipinski definition) is 6. The molecule has 1 aliphatic rings. The Kier molecular flexibility index (Phi) is 4.76. The number of hydrogen-bond donors (Lipinski definition) is 1. The van der Waals surface area contributed by atoms with Gasteiger partial charge >= 0.3 is 0 Å². The number of amides is 2. The third-order valence-corrected chi connectivity index (χ3v) is 5.83. The molecule has 1 aliphatic heterocycles. The summed E-state index contributed by atoms with van der Waals surface area (Å²) >= 11 is 1.08. The zero-order valence-corrected chi connectivity index (χ0v) is 16.0. The number of aryl methyl sites for hydroxylation is 1. The van der Waals surface area contributed by atoms with E-state index in [2.05, 4.69) is 14.6 Å². The van der Waals surface area contributed by atoms with Crippen LogP contribution in [0.5, 0.6) is 0 Å². The first kappa shape index (κ1) is 18.4. The molecule has 0 saturated carbocycles. The predicted octanol–water partition coefficient (Wildman–Crippen LogP) is 2.65. The van der Waals surface area contributed by atoms with Gasteiger partial charge in [-0.2, -0.15) is 0 Å². The van der Waals surface area contributed by atoms with Crippen LogP contribution in [0.4, 0.5) is 4.39 Å². The first-order valence-corrected chi connectivity index (χ1v) is 9.69. The van der Waals surface area contributed by atoms with Gasteiger partial charge in [0.05, 0.1) is 22.5 Å². The van der Waals surface area contributed by atoms with Gasteiger partial charge in [0.1, 0.15) is 10.7 Å². The molecule has 3 aromatic rings. The first-order valence-electron chi connectivity index (χ1n) is 8.92. The number of carbonyl (C=O) groups is 2. The second-order valence-electron chi connectivity index (χ2n) is 6.90. The van der Waals surface area contributed by atoms with Crippen LogP contribution in [0.3, 0.4) is 0 Å². The van der Waals surface area contributed by atoms with E-state index < -0.39 is 11.7 Å². The fraction of sp³-hybridized carbons (Fsp3) is 0.316. The van der Waals surface area contributed by atoms with E-state index in [-0.39, 0.29) is 17.4 Å². The topological polar surface area (TPSA) is 102 Å². The SMILES string of the molecule is Cc1nnsc1C(=O)N1CCCC(c2nc3ccc(F)cc3cc2C(N)=O)C1. The van der Waals surface area contributed by atoms with Gasteiger partial charge in [-0.25, -0.2) is 4.39 Å². The van der Waals surface area contributed by atoms with Crippen LogP contribution in [-0.4, -0.2) is 44.4 Å². The minimum atomic E-state index is -0.611. The second-order valence-corrected chi connectivity index (χ2v) is 7.65. The average Bonchev–Trinajstić information content (AvgIpc) is 3.12. The Morgan fingerprint density at radius 2 is 2.14 bits per heavy atom. The van der Waals surface area contributed by atoms with Crippen LogP contribution < -0.4 is 5.73 Å². The summed E-state index contributed by atoms with van der Waals surface area (Å²) in [6, 6.07) is 5.83. The van der Waals surface area contributed by atoms with Crippen LogP contribution in [0.2, 0.25) is 0 Å². The molecule has 0 spiro atoms. The standard InChI is InChI=1S/C19H18FN5O2S/c1-10-17(28-24-23-10)19(27)25-6-2-3-11(9-25)16-14(18(21)26)8-12-7-13(20)4-5-15(12)22-16/h4-5,7-8,11H,2-3,6,9H2,1H3,(H2,21,26). The maximum Gasteiger partial charge on any atom is 0.267 e. The summed E-state index contributed by atoms with van der Waals surface area (Å²) in [5.74, 6) is -1.25. The number of piperidine rings is 1. The average molecular weight is 399 g/mol. The molecule has 4 rings (SSSR count). The second kappa shape index (κ2) is 7.23. The quantitative estimate of drug-likeness (QED) is 0.729. The molecule has 2 N–H and O–H groups in total. The minimum Gasteiger partial charge on any atom is -0.366 e. The first-order chi connectivity index (χ1) is 13.4. The summed E-state index contributed by atoms with van der Waals surface area (Å²) in [6.45, 7) is 2.81. The largest absolute Gasteiger partial charge is 0.366 e. The molecular weight excluding hydrogens is 381 g/mol. The van der Waals surface area contributed by atoms with Crippen molar-refractivity contribution in [2.24, 2.45) is 5.73 Å². The van der Waals surface area contributed by atoms with E-state index in [4.69, 9.17) is 5.73 Å². The minimum absolute atomic E-state index is 0.110. The van der Waals surface area contributed by atoms with Crippen molar-refractivity contribution in [3.8, 4) is 0 Å². The number of nitrogens with two attached hydrogens (primary N) is 1. The summed E-state index contributed by atoms with van der Waals surface area (Å²) in [5.41, 5.74) is 7.61. The Bertz CT molecular complexity index is 1080. The van der Waals surface area contributed by atoms with E-state index in [0.717, 1.165) is 24.4 Å². The maximum absolute atomic E-state index is 13.5. The summed E-state index contributed by atoms with van der Waals surface area (Å²) in [7, 11) is 0. The molecule has 1 aromatic carbocycles. The number of pyridine rings is 1. The highest BCUT2D eigenvalue weighted by molar-refractivity contribution is 7.07. The molecular formula is C19H18FN5O2S. The van der Waals surface area contributed by atoms with Crippen molar-refractivity contribution < 1.29 is 14.0 Å². The highest BCUT2D eigenvalue weighted by Crippen LogP contribution is 2.31. The Labute approximate surface area is 164 Å². The number of benzene rings is 1. The van der Waals surface area contributed by atoms with Crippen LogP contribution in [-0.2, 0) is 0 Å². The van der Waals surface area contributed by atoms with Crippen LogP contribution in [0, 0.1) is 12.7 Å². The molecule has 0 aliphatic carbocycles. The van der Waals surface area contributed by atoms with Crippen LogP contribution >= 0.6 is 11.5 Å². The highest BCUT2D eigenvalue weighted by Gasteiger charge is 2.30. The van der Waals surface area contributed by atoms with Gasteiger partial charge in [0.15, 0.2) is 0 Å². The summed E-state index contributed by atoms with van der Waals surface area (Å²) < 4.78 is 17.4. The molecule has 3 heterocycles. The molecule has 1 fully saturated rings. The third kappa shape index (κ3) is 3.33. The molecule has 7 nitrogen and oxygen atoms in total. The third-order valence-electron chi connectivity index (χ3n) is 5.01. The Hall–Kier alpha value is -2.94. The lowest BCUT2D eigenvalue weighted by Gasteiger charge is -2.33. The molecule has 2 amide bonds. The van der Waals surface area contributed by atoms with E-state index in [1.54, 1.807) is 24.0 Å². The molecule has 144 valence electrons. The smallest absolute Gasteiger partial charge is 0.267 e. The number of rotatable bonds is 3. The summed E-state index contributed by atoms with van der Waals surface area (Å²) in [6.07, 6.45) is 1.56. The number of halogens is 1. The van der Waals surface area contributed by atoms with Gasteiger partial charge in [0, 0.05) is 24.4 Å². The molecule has 1 unspecified atom stereocenters. The molecule has 0 bridgehead atoms. The summed E-state index contributed by atoms with van der Waals surface area (Å²) in [5, 5.41) is 4.43. The Morgan fingerprint density at radius 3 is 2.86 bits per heavy atom. The van der Waals surface area contributed by atoms with Crippen molar-refractivity contribution in [3.05, 3.63) is 51.9 Å². The molecule has 9 heteroatoms. The fourth-order valence-corrected chi connectivity index (χ4v) is 4.25. The van der Waals surface area contributed by atoms with Gasteiger partial charge in [-0.15, -0.1) is 5.10 Å². The highest BCUT2D eigenvalue weighted by atomic mass is 32.1. The molecule has 2 aromatic heterocycles. The fourth-order valence-electron chi connectivity index (χ4n) is 3.63. The van der Waals surface area contributed by atoms with Crippen molar-refractivity contribution in [2.75, 3.05) is 13.1 Å². The normalized spacial score (nSPS) is 17.1. The van der Waals surface area contributed by atoms with Crippen molar-refractivity contribution in [3.63, 3.8) is 0 Å². The zero-order valence-electron chi connectivity index (χ0n) is 15.2. The van der Waals surface area contributed by atoms with Gasteiger partial charge in [-0.1, -0.05) is 4.49 Å². The van der Waals surface area contributed by atoms with Crippen molar-refractivity contribution in [1.82, 2.24) is 19.5 Å². The van der Waals surface area contributed by atoms with Gasteiger partial charge in [0.2, 0.25) is 0 Å². The van der Waals surface area contributed by atoms with Crippen molar-refractivity contribution in [1.29, 1.82) is 0 Å². The molecule has 1 atom stereocenters. The molecule has 1 saturated heterocycles. The number of fused-ring (bicyclic) bond motifs is 1. The van der Waals surface area contributed by atoms with E-state index in [9.17, 15) is 14.0 Å². The monoisotopic (exact) mass is 399 g/mol. The van der Waals surface area contributed by atoms with Crippen LogP contribution in [0.25, 0.3) is 10.9 Å². The van der Waals surface area contributed by atoms with Crippen molar-refractivity contribution in [2.45, 2.75) is 25.7 Å². The van der Waals surface area contributed by atoms with Crippen LogP contribution in [0.15, 0.2) is 24.3 Å².